The van der Waals surface area contributed by atoms with Crippen molar-refractivity contribution in [1.82, 2.24) is 15.5 Å². The smallest absolute Gasteiger partial charge is 0.408 e. The van der Waals surface area contributed by atoms with Crippen molar-refractivity contribution in [2.24, 2.45) is 5.92 Å². The van der Waals surface area contributed by atoms with Crippen molar-refractivity contribution in [3.63, 3.8) is 0 Å². The van der Waals surface area contributed by atoms with Crippen molar-refractivity contribution in [3.8, 4) is 0 Å². The Balaban J connectivity index is 2.24. The van der Waals surface area contributed by atoms with Gasteiger partial charge in [0.25, 0.3) is 0 Å². The van der Waals surface area contributed by atoms with Crippen LogP contribution in [0.2, 0.25) is 0 Å². The van der Waals surface area contributed by atoms with E-state index >= 15 is 0 Å². The summed E-state index contributed by atoms with van der Waals surface area (Å²) < 4.78 is 10.7. The van der Waals surface area contributed by atoms with Crippen molar-refractivity contribution in [2.75, 3.05) is 18.9 Å². The number of alkyl carbamates (subject to hydrolysis) is 2. The zero-order valence-electron chi connectivity index (χ0n) is 26.5. The van der Waals surface area contributed by atoms with E-state index in [-0.39, 0.29) is 24.8 Å². The van der Waals surface area contributed by atoms with Gasteiger partial charge in [0, 0.05) is 19.3 Å². The minimum atomic E-state index is -0.888. The number of ether oxygens (including phenoxy) is 2. The van der Waals surface area contributed by atoms with Crippen molar-refractivity contribution < 1.29 is 28.7 Å². The first-order valence-corrected chi connectivity index (χ1v) is 14.5. The minimum absolute atomic E-state index is 0.0881. The third kappa shape index (κ3) is 12.0. The Hall–Kier alpha value is -3.82. The van der Waals surface area contributed by atoms with E-state index in [2.05, 4.69) is 16.0 Å². The van der Waals surface area contributed by atoms with Gasteiger partial charge in [-0.1, -0.05) is 44.2 Å². The molecule has 2 rings (SSSR count). The maximum atomic E-state index is 13.7. The van der Waals surface area contributed by atoms with Crippen LogP contribution in [0.15, 0.2) is 42.5 Å². The second kappa shape index (κ2) is 14.9. The number of likely N-dealkylation sites (N-methyl/N-ethyl adjacent to an activating group) is 1. The van der Waals surface area contributed by atoms with Gasteiger partial charge in [-0.3, -0.25) is 9.59 Å². The third-order valence-electron chi connectivity index (χ3n) is 6.15. The predicted octanol–water partition coefficient (Wildman–Crippen LogP) is 5.85. The summed E-state index contributed by atoms with van der Waals surface area (Å²) in [6.45, 7) is 14.7. The third-order valence-corrected chi connectivity index (χ3v) is 6.15. The Morgan fingerprint density at radius 3 is 2.05 bits per heavy atom. The Morgan fingerprint density at radius 1 is 0.857 bits per heavy atom. The first-order chi connectivity index (χ1) is 19.4. The zero-order chi connectivity index (χ0) is 31.7. The van der Waals surface area contributed by atoms with Gasteiger partial charge in [0.15, 0.2) is 0 Å². The molecule has 0 fully saturated rings. The van der Waals surface area contributed by atoms with Crippen LogP contribution in [-0.2, 0) is 19.1 Å². The van der Waals surface area contributed by atoms with E-state index < -0.39 is 41.4 Å². The largest absolute Gasteiger partial charge is 0.444 e. The van der Waals surface area contributed by atoms with Gasteiger partial charge in [0.1, 0.15) is 23.3 Å². The molecule has 2 aromatic rings. The van der Waals surface area contributed by atoms with Crippen molar-refractivity contribution in [2.45, 2.75) is 97.9 Å². The molecule has 0 aliphatic rings. The Kier molecular flexibility index (Phi) is 12.2. The van der Waals surface area contributed by atoms with Gasteiger partial charge in [-0.05, 0) is 89.6 Å². The first kappa shape index (κ1) is 34.4. The molecule has 0 aromatic heterocycles. The molecule has 0 saturated heterocycles. The quantitative estimate of drug-likeness (QED) is 0.285. The van der Waals surface area contributed by atoms with Gasteiger partial charge in [-0.2, -0.15) is 0 Å². The number of fused-ring (bicyclic) bond motifs is 1. The molecule has 0 aliphatic heterocycles. The maximum absolute atomic E-state index is 13.7. The molecule has 2 atom stereocenters. The number of carbonyl (C=O) groups is 4. The van der Waals surface area contributed by atoms with Gasteiger partial charge in [0.2, 0.25) is 11.8 Å². The Labute approximate surface area is 249 Å². The number of amides is 4. The summed E-state index contributed by atoms with van der Waals surface area (Å²) in [5, 5.41) is 10.3. The molecule has 4 amide bonds. The molecule has 0 heterocycles. The van der Waals surface area contributed by atoms with Gasteiger partial charge in [-0.15, -0.1) is 0 Å². The summed E-state index contributed by atoms with van der Waals surface area (Å²) in [4.78, 5) is 53.4. The van der Waals surface area contributed by atoms with Gasteiger partial charge >= 0.3 is 12.2 Å². The van der Waals surface area contributed by atoms with E-state index in [0.29, 0.717) is 18.5 Å². The number of benzene rings is 2. The monoisotopic (exact) mass is 584 g/mol. The topological polar surface area (TPSA) is 126 Å². The molecular weight excluding hydrogens is 536 g/mol. The lowest BCUT2D eigenvalue weighted by molar-refractivity contribution is -0.139. The zero-order valence-corrected chi connectivity index (χ0v) is 26.5. The van der Waals surface area contributed by atoms with Crippen LogP contribution in [0.25, 0.3) is 10.8 Å². The number of carbonyl (C=O) groups excluding carboxylic acids is 4. The average Bonchev–Trinajstić information content (AvgIpc) is 2.85. The molecule has 0 unspecified atom stereocenters. The first-order valence-electron chi connectivity index (χ1n) is 14.5. The van der Waals surface area contributed by atoms with Crippen LogP contribution in [0.3, 0.4) is 0 Å². The summed E-state index contributed by atoms with van der Waals surface area (Å²) in [5.74, 6) is -0.697. The standard InChI is InChI=1S/C32H48N4O6/c1-21(2)19-25(35-30(40)42-32(6,7)8)28(38)36(9)26(15-12-18-33-29(39)41-31(3,4)5)27(37)34-24-17-16-22-13-10-11-14-23(22)20-24/h10-11,13-14,16-17,20-21,25-26H,12,15,18-19H2,1-9H3,(H,33,39)(H,34,37)(H,35,40)/t25-,26-/m0/s1. The summed E-state index contributed by atoms with van der Waals surface area (Å²) in [6, 6.07) is 11.7. The van der Waals surface area contributed by atoms with Gasteiger partial charge in [0.05, 0.1) is 0 Å². The highest BCUT2D eigenvalue weighted by Crippen LogP contribution is 2.21. The molecule has 2 aromatic carbocycles. The molecular formula is C32H48N4O6. The van der Waals surface area contributed by atoms with Crippen LogP contribution in [0, 0.1) is 5.92 Å². The van der Waals surface area contributed by atoms with Crippen LogP contribution in [0.5, 0.6) is 0 Å². The highest BCUT2D eigenvalue weighted by molar-refractivity contribution is 5.99. The molecule has 3 N–H and O–H groups in total. The second-order valence-electron chi connectivity index (χ2n) is 12.9. The maximum Gasteiger partial charge on any atom is 0.408 e. The average molecular weight is 585 g/mol. The lowest BCUT2D eigenvalue weighted by Gasteiger charge is -2.32. The molecule has 0 radical (unpaired) electrons. The number of anilines is 1. The van der Waals surface area contributed by atoms with Crippen LogP contribution in [0.1, 0.15) is 74.7 Å². The molecule has 0 saturated carbocycles. The summed E-state index contributed by atoms with van der Waals surface area (Å²) in [7, 11) is 1.55. The number of nitrogens with one attached hydrogen (secondary N) is 3. The van der Waals surface area contributed by atoms with Crippen LogP contribution >= 0.6 is 0 Å². The number of rotatable bonds is 11. The molecule has 0 bridgehead atoms. The van der Waals surface area contributed by atoms with Crippen LogP contribution in [-0.4, -0.2) is 65.8 Å². The minimum Gasteiger partial charge on any atom is -0.444 e. The van der Waals surface area contributed by atoms with Crippen molar-refractivity contribution in [3.05, 3.63) is 42.5 Å². The van der Waals surface area contributed by atoms with Crippen LogP contribution in [0.4, 0.5) is 15.3 Å². The number of nitrogens with zero attached hydrogens (tertiary/aromatic N) is 1. The highest BCUT2D eigenvalue weighted by Gasteiger charge is 2.33. The predicted molar refractivity (Wildman–Crippen MR) is 165 cm³/mol. The van der Waals surface area contributed by atoms with Crippen molar-refractivity contribution >= 4 is 40.5 Å². The molecule has 42 heavy (non-hydrogen) atoms. The molecule has 232 valence electrons. The van der Waals surface area contributed by atoms with Gasteiger partial charge < -0.3 is 30.3 Å². The van der Waals surface area contributed by atoms with Crippen molar-refractivity contribution in [1.29, 1.82) is 0 Å². The number of hydrogen-bond acceptors (Lipinski definition) is 6. The Morgan fingerprint density at radius 2 is 1.45 bits per heavy atom. The molecule has 10 heteroatoms. The van der Waals surface area contributed by atoms with E-state index in [1.54, 1.807) is 48.6 Å². The normalized spacial score (nSPS) is 13.2. The second-order valence-corrected chi connectivity index (χ2v) is 12.9. The number of hydrogen-bond donors (Lipinski definition) is 3. The summed E-state index contributed by atoms with van der Waals surface area (Å²) in [5.41, 5.74) is -0.766. The fourth-order valence-corrected chi connectivity index (χ4v) is 4.34. The molecule has 10 nitrogen and oxygen atoms in total. The lowest BCUT2D eigenvalue weighted by Crippen LogP contribution is -2.54. The molecule has 0 aliphatic carbocycles. The Bertz CT molecular complexity index is 1230. The summed E-state index contributed by atoms with van der Waals surface area (Å²) in [6.07, 6.45) is -0.225. The van der Waals surface area contributed by atoms with Crippen LogP contribution < -0.4 is 16.0 Å². The fourth-order valence-electron chi connectivity index (χ4n) is 4.34. The van der Waals surface area contributed by atoms with E-state index in [1.807, 2.05) is 56.3 Å². The molecule has 0 spiro atoms. The van der Waals surface area contributed by atoms with E-state index in [0.717, 1.165) is 10.8 Å². The summed E-state index contributed by atoms with van der Waals surface area (Å²) >= 11 is 0. The fraction of sp³-hybridized carbons (Fsp3) is 0.562. The van der Waals surface area contributed by atoms with Gasteiger partial charge in [-0.25, -0.2) is 9.59 Å². The highest BCUT2D eigenvalue weighted by atomic mass is 16.6. The SMILES string of the molecule is CC(C)C[C@H](NC(=O)OC(C)(C)C)C(=O)N(C)[C@@H](CCCNC(=O)OC(C)(C)C)C(=O)Nc1ccc2ccccc2c1. The van der Waals surface area contributed by atoms with E-state index in [4.69, 9.17) is 9.47 Å². The van der Waals surface area contributed by atoms with E-state index in [1.165, 1.54) is 4.90 Å². The van der Waals surface area contributed by atoms with E-state index in [9.17, 15) is 19.2 Å². The lowest BCUT2D eigenvalue weighted by atomic mass is 10.0.